The Kier molecular flexibility index (Phi) is 6.28. The molecular weight excluding hydrogens is 525 g/mol. The van der Waals surface area contributed by atoms with Crippen molar-refractivity contribution in [3.8, 4) is 22.4 Å². The number of carbonyl (C=O) groups excluding carboxylic acids is 1. The van der Waals surface area contributed by atoms with E-state index in [-0.39, 0.29) is 5.91 Å². The molecule has 0 bridgehead atoms. The van der Waals surface area contributed by atoms with Gasteiger partial charge in [0.15, 0.2) is 0 Å². The van der Waals surface area contributed by atoms with Crippen LogP contribution in [0, 0.1) is 6.92 Å². The van der Waals surface area contributed by atoms with E-state index in [9.17, 15) is 4.79 Å². The van der Waals surface area contributed by atoms with E-state index < -0.39 is 0 Å². The summed E-state index contributed by atoms with van der Waals surface area (Å²) >= 11 is 18.8. The van der Waals surface area contributed by atoms with Gasteiger partial charge in [0.1, 0.15) is 11.3 Å². The van der Waals surface area contributed by atoms with Crippen LogP contribution in [0.4, 0.5) is 5.69 Å². The number of aromatic nitrogens is 2. The first kappa shape index (κ1) is 24.2. The lowest BCUT2D eigenvalue weighted by Crippen LogP contribution is -2.15. The fraction of sp³-hybridized carbons (Fsp3) is 0.167. The van der Waals surface area contributed by atoms with Gasteiger partial charge in [0.25, 0.3) is 5.91 Å². The third-order valence-corrected chi connectivity index (χ3v) is 7.96. The van der Waals surface area contributed by atoms with Crippen molar-refractivity contribution >= 4 is 52.0 Å². The minimum absolute atomic E-state index is 0.157. The number of carbonyl (C=O) groups is 1. The van der Waals surface area contributed by atoms with E-state index in [1.54, 1.807) is 0 Å². The smallest absolute Gasteiger partial charge is 0.273 e. The predicted molar refractivity (Wildman–Crippen MR) is 153 cm³/mol. The molecule has 0 saturated carbocycles. The number of hydrogen-bond acceptors (Lipinski definition) is 1. The summed E-state index contributed by atoms with van der Waals surface area (Å²) in [6, 6.07) is 21.3. The SMILES string of the molecule is Cc1cccc(NC(=O)c2c(-c3ccc(Cl)cc3)c3c4n(c(-c5ccc(Cl)c(Cl)c5)cn24)CCCC3)c1. The second-order valence-corrected chi connectivity index (χ2v) is 10.7. The number of amides is 1. The van der Waals surface area contributed by atoms with E-state index in [1.807, 2.05) is 84.3 Å². The summed E-state index contributed by atoms with van der Waals surface area (Å²) in [6.07, 6.45) is 5.00. The van der Waals surface area contributed by atoms with Crippen molar-refractivity contribution < 1.29 is 4.79 Å². The van der Waals surface area contributed by atoms with Crippen LogP contribution in [0.1, 0.15) is 34.5 Å². The standard InChI is InChI=1S/C30H24Cl3N3O/c1-18-5-4-6-22(15-18)34-29(37)28-27(19-8-11-21(31)12-9-19)23-7-2-3-14-35-26(17-36(28)30(23)35)20-10-13-24(32)25(33)16-20/h4-6,8-13,15-17H,2-3,7,14H2,1H3,(H,34,37). The fourth-order valence-corrected chi connectivity index (χ4v) is 5.76. The maximum atomic E-state index is 14.0. The second kappa shape index (κ2) is 9.60. The first-order valence-corrected chi connectivity index (χ1v) is 13.4. The molecule has 0 unspecified atom stereocenters. The third-order valence-electron chi connectivity index (χ3n) is 6.97. The first-order chi connectivity index (χ1) is 17.9. The zero-order valence-electron chi connectivity index (χ0n) is 20.2. The van der Waals surface area contributed by atoms with Crippen molar-refractivity contribution in [2.24, 2.45) is 0 Å². The molecule has 0 aliphatic carbocycles. The van der Waals surface area contributed by atoms with Crippen LogP contribution < -0.4 is 5.32 Å². The van der Waals surface area contributed by atoms with E-state index in [4.69, 9.17) is 34.8 Å². The van der Waals surface area contributed by atoms with Crippen LogP contribution in [0.15, 0.2) is 72.9 Å². The average molecular weight is 549 g/mol. The summed E-state index contributed by atoms with van der Waals surface area (Å²) in [4.78, 5) is 14.0. The van der Waals surface area contributed by atoms with Crippen LogP contribution in [0.3, 0.4) is 0 Å². The van der Waals surface area contributed by atoms with Crippen LogP contribution in [-0.4, -0.2) is 14.9 Å². The summed E-state index contributed by atoms with van der Waals surface area (Å²) in [6.45, 7) is 2.86. The normalized spacial score (nSPS) is 13.1. The van der Waals surface area contributed by atoms with Gasteiger partial charge in [-0.25, -0.2) is 0 Å². The van der Waals surface area contributed by atoms with Gasteiger partial charge >= 0.3 is 0 Å². The number of rotatable bonds is 4. The highest BCUT2D eigenvalue weighted by Gasteiger charge is 2.29. The van der Waals surface area contributed by atoms with Crippen LogP contribution in [0.2, 0.25) is 15.1 Å². The Morgan fingerprint density at radius 3 is 2.43 bits per heavy atom. The molecule has 3 heterocycles. The van der Waals surface area contributed by atoms with Crippen LogP contribution >= 0.6 is 34.8 Å². The highest BCUT2D eigenvalue weighted by molar-refractivity contribution is 6.42. The molecule has 4 nitrogen and oxygen atoms in total. The van der Waals surface area contributed by atoms with Gasteiger partial charge in [-0.15, -0.1) is 0 Å². The quantitative estimate of drug-likeness (QED) is 0.239. The lowest BCUT2D eigenvalue weighted by Gasteiger charge is -2.11. The maximum Gasteiger partial charge on any atom is 0.273 e. The van der Waals surface area contributed by atoms with Gasteiger partial charge in [-0.3, -0.25) is 9.20 Å². The van der Waals surface area contributed by atoms with Crippen molar-refractivity contribution in [3.05, 3.63) is 105 Å². The number of imidazole rings is 1. The van der Waals surface area contributed by atoms with Crippen molar-refractivity contribution in [2.75, 3.05) is 5.32 Å². The van der Waals surface area contributed by atoms with Crippen LogP contribution in [-0.2, 0) is 13.0 Å². The van der Waals surface area contributed by atoms with Gasteiger partial charge in [0.2, 0.25) is 0 Å². The lowest BCUT2D eigenvalue weighted by atomic mass is 9.97. The molecule has 0 spiro atoms. The monoisotopic (exact) mass is 547 g/mol. The number of benzene rings is 3. The van der Waals surface area contributed by atoms with Gasteiger partial charge in [0.05, 0.1) is 15.7 Å². The minimum Gasteiger partial charge on any atom is -0.325 e. The molecule has 6 rings (SSSR count). The van der Waals surface area contributed by atoms with E-state index >= 15 is 0 Å². The molecule has 1 aliphatic heterocycles. The molecule has 1 amide bonds. The Bertz CT molecular complexity index is 1660. The molecule has 7 heteroatoms. The molecular formula is C30H24Cl3N3O. The first-order valence-electron chi connectivity index (χ1n) is 12.3. The Labute approximate surface area is 230 Å². The van der Waals surface area contributed by atoms with Gasteiger partial charge in [-0.05, 0) is 73.7 Å². The Hall–Kier alpha value is -3.18. The van der Waals surface area contributed by atoms with Crippen molar-refractivity contribution in [3.63, 3.8) is 0 Å². The average Bonchev–Trinajstić information content (AvgIpc) is 3.29. The molecule has 0 saturated heterocycles. The Balaban J connectivity index is 1.61. The molecule has 2 aromatic heterocycles. The van der Waals surface area contributed by atoms with Crippen molar-refractivity contribution in [1.29, 1.82) is 0 Å². The zero-order chi connectivity index (χ0) is 25.7. The minimum atomic E-state index is -0.157. The zero-order valence-corrected chi connectivity index (χ0v) is 22.5. The second-order valence-electron chi connectivity index (χ2n) is 9.48. The lowest BCUT2D eigenvalue weighted by molar-refractivity contribution is 0.102. The number of aryl methyl sites for hydroxylation is 3. The van der Waals surface area contributed by atoms with Crippen molar-refractivity contribution in [2.45, 2.75) is 32.7 Å². The Morgan fingerprint density at radius 2 is 1.68 bits per heavy atom. The summed E-state index contributed by atoms with van der Waals surface area (Å²) < 4.78 is 4.36. The predicted octanol–water partition coefficient (Wildman–Crippen LogP) is 8.93. The van der Waals surface area contributed by atoms with E-state index in [2.05, 4.69) is 9.88 Å². The summed E-state index contributed by atoms with van der Waals surface area (Å²) in [7, 11) is 0. The summed E-state index contributed by atoms with van der Waals surface area (Å²) in [5.74, 6) is -0.157. The van der Waals surface area contributed by atoms with Gasteiger partial charge in [0, 0.05) is 40.1 Å². The van der Waals surface area contributed by atoms with Gasteiger partial charge in [-0.1, -0.05) is 65.1 Å². The maximum absolute atomic E-state index is 14.0. The highest BCUT2D eigenvalue weighted by atomic mass is 35.5. The van der Waals surface area contributed by atoms with Crippen LogP contribution in [0.25, 0.3) is 28.0 Å². The van der Waals surface area contributed by atoms with E-state index in [0.29, 0.717) is 20.8 Å². The molecule has 0 radical (unpaired) electrons. The molecule has 5 aromatic rings. The number of anilines is 1. The highest BCUT2D eigenvalue weighted by Crippen LogP contribution is 2.40. The van der Waals surface area contributed by atoms with E-state index in [0.717, 1.165) is 65.1 Å². The largest absolute Gasteiger partial charge is 0.325 e. The molecule has 37 heavy (non-hydrogen) atoms. The molecule has 1 N–H and O–H groups in total. The summed E-state index contributed by atoms with van der Waals surface area (Å²) in [5, 5.41) is 4.82. The molecule has 3 aromatic carbocycles. The third kappa shape index (κ3) is 4.33. The van der Waals surface area contributed by atoms with Crippen LogP contribution in [0.5, 0.6) is 0 Å². The number of halogens is 3. The molecule has 186 valence electrons. The topological polar surface area (TPSA) is 38.4 Å². The van der Waals surface area contributed by atoms with Gasteiger partial charge < -0.3 is 9.88 Å². The summed E-state index contributed by atoms with van der Waals surface area (Å²) in [5.41, 5.74) is 8.55. The number of nitrogens with one attached hydrogen (secondary N) is 1. The Morgan fingerprint density at radius 1 is 0.892 bits per heavy atom. The molecule has 1 aliphatic rings. The van der Waals surface area contributed by atoms with Gasteiger partial charge in [-0.2, -0.15) is 0 Å². The fourth-order valence-electron chi connectivity index (χ4n) is 5.34. The van der Waals surface area contributed by atoms with Crippen molar-refractivity contribution in [1.82, 2.24) is 8.97 Å². The molecule has 0 fully saturated rings. The van der Waals surface area contributed by atoms with E-state index in [1.165, 1.54) is 5.56 Å². The number of hydrogen-bond donors (Lipinski definition) is 1. The number of nitrogens with zero attached hydrogens (tertiary/aromatic N) is 2. The molecule has 0 atom stereocenters.